The van der Waals surface area contributed by atoms with Gasteiger partial charge in [0.25, 0.3) is 0 Å². The predicted octanol–water partition coefficient (Wildman–Crippen LogP) is 5.07. The second-order valence-electron chi connectivity index (χ2n) is 9.74. The molecule has 1 saturated heterocycles. The molecular formula is C28H30F4N4O3S. The fourth-order valence-electron chi connectivity index (χ4n) is 4.58. The number of nitrogens with one attached hydrogen (secondary N) is 1. The van der Waals surface area contributed by atoms with Crippen LogP contribution in [0, 0.1) is 17.8 Å². The molecule has 1 unspecified atom stereocenters. The zero-order chi connectivity index (χ0) is 29.1. The Balaban J connectivity index is 1.61. The maximum Gasteiger partial charge on any atom is 0.406 e. The van der Waals surface area contributed by atoms with Crippen LogP contribution in [0.25, 0.3) is 10.9 Å². The number of aliphatic imine (C=N–C) groups is 1. The quantitative estimate of drug-likeness (QED) is 0.241. The molecule has 1 aromatic heterocycles. The molecule has 1 fully saturated rings. The van der Waals surface area contributed by atoms with Gasteiger partial charge in [0.15, 0.2) is 9.84 Å². The summed E-state index contributed by atoms with van der Waals surface area (Å²) in [5.41, 5.74) is 1.40. The van der Waals surface area contributed by atoms with Gasteiger partial charge in [-0.25, -0.2) is 12.8 Å². The first-order valence-corrected chi connectivity index (χ1v) is 14.4. The van der Waals surface area contributed by atoms with Crippen molar-refractivity contribution in [3.05, 3.63) is 48.2 Å². The molecule has 0 saturated carbocycles. The smallest absolute Gasteiger partial charge is 0.406 e. The van der Waals surface area contributed by atoms with Crippen LogP contribution in [0.4, 0.5) is 28.9 Å². The van der Waals surface area contributed by atoms with Crippen LogP contribution in [0.2, 0.25) is 0 Å². The summed E-state index contributed by atoms with van der Waals surface area (Å²) in [7, 11) is -0.175. The number of nitrogens with zero attached hydrogens (tertiary/aromatic N) is 3. The molecule has 7 nitrogen and oxygen atoms in total. The van der Waals surface area contributed by atoms with Crippen molar-refractivity contribution in [2.45, 2.75) is 30.2 Å². The van der Waals surface area contributed by atoms with E-state index in [2.05, 4.69) is 22.2 Å². The van der Waals surface area contributed by atoms with Gasteiger partial charge >= 0.3 is 6.18 Å². The molecule has 4 rings (SSSR count). The average molecular weight is 579 g/mol. The molecule has 214 valence electrons. The highest BCUT2D eigenvalue weighted by atomic mass is 32.2. The van der Waals surface area contributed by atoms with Gasteiger partial charge in [-0.3, -0.25) is 4.99 Å². The maximum atomic E-state index is 14.5. The third-order valence-corrected chi connectivity index (χ3v) is 7.76. The Morgan fingerprint density at radius 1 is 1.23 bits per heavy atom. The molecule has 2 heterocycles. The summed E-state index contributed by atoms with van der Waals surface area (Å²) in [5, 5.41) is 3.49. The minimum absolute atomic E-state index is 0.0567. The van der Waals surface area contributed by atoms with Gasteiger partial charge in [-0.2, -0.15) is 13.2 Å². The summed E-state index contributed by atoms with van der Waals surface area (Å²) in [6.07, 6.45) is -2.29. The van der Waals surface area contributed by atoms with Crippen molar-refractivity contribution in [3.8, 4) is 17.6 Å². The van der Waals surface area contributed by atoms with Gasteiger partial charge < -0.3 is 19.5 Å². The molecule has 2 aromatic carbocycles. The number of anilines is 1. The second-order valence-corrected chi connectivity index (χ2v) is 11.8. The Kier molecular flexibility index (Phi) is 8.75. The van der Waals surface area contributed by atoms with Crippen LogP contribution in [0.1, 0.15) is 12.1 Å². The normalized spacial score (nSPS) is 18.6. The fraction of sp³-hybridized carbons (Fsp3) is 0.393. The second kappa shape index (κ2) is 11.9. The highest BCUT2D eigenvalue weighted by molar-refractivity contribution is 7.90. The minimum Gasteiger partial charge on any atom is -0.495 e. The van der Waals surface area contributed by atoms with Gasteiger partial charge in [0, 0.05) is 36.4 Å². The first-order chi connectivity index (χ1) is 18.9. The van der Waals surface area contributed by atoms with E-state index in [0.29, 0.717) is 41.0 Å². The van der Waals surface area contributed by atoms with Crippen molar-refractivity contribution in [1.82, 2.24) is 9.47 Å². The Hall–Kier alpha value is -3.56. The summed E-state index contributed by atoms with van der Waals surface area (Å²) in [6, 6.07) is 10.8. The van der Waals surface area contributed by atoms with E-state index in [0.717, 1.165) is 17.4 Å². The van der Waals surface area contributed by atoms with Gasteiger partial charge in [-0.15, -0.1) is 0 Å². The highest BCUT2D eigenvalue weighted by Crippen LogP contribution is 2.32. The first-order valence-electron chi connectivity index (χ1n) is 12.5. The van der Waals surface area contributed by atoms with E-state index in [9.17, 15) is 26.0 Å². The minimum atomic E-state index is -4.48. The standard InChI is InChI=1S/C28H30F4N4O3S/c1-35-13-11-19(23(29)17-35)16-34-24-7-4-8-26-22(24)14-20(36(26)18-28(30,31)32)6-5-12-33-25-10-9-21(40(3,37)38)15-27(25)39-2/h4,7-10,14-16,19,23,33H,11-13,17-18H2,1-3H3/t19?,23-/m1/s1. The van der Waals surface area contributed by atoms with Gasteiger partial charge in [0.1, 0.15) is 18.5 Å². The number of methoxy groups -OCH3 is 1. The molecule has 0 amide bonds. The van der Waals surface area contributed by atoms with E-state index in [1.807, 2.05) is 11.9 Å². The zero-order valence-electron chi connectivity index (χ0n) is 22.3. The molecule has 2 atom stereocenters. The SMILES string of the molecule is COc1cc(S(C)(=O)=O)ccc1NCC#Cc1cc2c(N=CC3CCN(C)C[C@H]3F)cccc2n1CC(F)(F)F. The summed E-state index contributed by atoms with van der Waals surface area (Å²) < 4.78 is 84.9. The maximum absolute atomic E-state index is 14.5. The third kappa shape index (κ3) is 7.14. The summed E-state index contributed by atoms with van der Waals surface area (Å²) in [4.78, 5) is 6.47. The van der Waals surface area contributed by atoms with Gasteiger partial charge in [0.05, 0.1) is 41.1 Å². The number of hydrogen-bond acceptors (Lipinski definition) is 6. The van der Waals surface area contributed by atoms with Crippen LogP contribution >= 0.6 is 0 Å². The zero-order valence-corrected chi connectivity index (χ0v) is 23.1. The number of benzene rings is 2. The number of piperidine rings is 1. The third-order valence-electron chi connectivity index (χ3n) is 6.64. The van der Waals surface area contributed by atoms with Crippen molar-refractivity contribution in [2.75, 3.05) is 45.4 Å². The van der Waals surface area contributed by atoms with E-state index in [1.165, 1.54) is 25.3 Å². The van der Waals surface area contributed by atoms with Crippen LogP contribution in [-0.2, 0) is 16.4 Å². The van der Waals surface area contributed by atoms with E-state index in [4.69, 9.17) is 4.74 Å². The number of alkyl halides is 4. The first kappa shape index (κ1) is 29.4. The number of halogens is 4. The van der Waals surface area contributed by atoms with Crippen LogP contribution in [0.5, 0.6) is 5.75 Å². The Bertz CT molecular complexity index is 1570. The van der Waals surface area contributed by atoms with Gasteiger partial charge in [-0.05, 0) is 56.3 Å². The van der Waals surface area contributed by atoms with Crippen molar-refractivity contribution < 1.29 is 30.7 Å². The molecule has 1 aliphatic rings. The molecule has 0 bridgehead atoms. The summed E-state index contributed by atoms with van der Waals surface area (Å²) >= 11 is 0. The molecule has 1 aliphatic heterocycles. The predicted molar refractivity (Wildman–Crippen MR) is 148 cm³/mol. The molecule has 12 heteroatoms. The molecule has 3 aromatic rings. The lowest BCUT2D eigenvalue weighted by atomic mass is 9.96. The highest BCUT2D eigenvalue weighted by Gasteiger charge is 2.30. The van der Waals surface area contributed by atoms with Crippen molar-refractivity contribution >= 4 is 38.3 Å². The number of likely N-dealkylation sites (tertiary alicyclic amines) is 1. The number of aromatic nitrogens is 1. The number of fused-ring (bicyclic) bond motifs is 1. The summed E-state index contributed by atoms with van der Waals surface area (Å²) in [6.45, 7) is -0.125. The lowest BCUT2D eigenvalue weighted by Crippen LogP contribution is -2.39. The van der Waals surface area contributed by atoms with Crippen LogP contribution in [-0.4, -0.2) is 76.5 Å². The van der Waals surface area contributed by atoms with Crippen molar-refractivity contribution in [3.63, 3.8) is 0 Å². The lowest BCUT2D eigenvalue weighted by molar-refractivity contribution is -0.140. The van der Waals surface area contributed by atoms with E-state index in [-0.39, 0.29) is 23.1 Å². The average Bonchev–Trinajstić information content (AvgIpc) is 3.21. The molecule has 40 heavy (non-hydrogen) atoms. The van der Waals surface area contributed by atoms with Crippen LogP contribution in [0.3, 0.4) is 0 Å². The largest absolute Gasteiger partial charge is 0.495 e. The summed E-state index contributed by atoms with van der Waals surface area (Å²) in [5.74, 6) is 5.57. The van der Waals surface area contributed by atoms with E-state index >= 15 is 0 Å². The van der Waals surface area contributed by atoms with Crippen LogP contribution < -0.4 is 10.1 Å². The molecule has 0 spiro atoms. The number of rotatable bonds is 7. The molecule has 0 aliphatic carbocycles. The monoisotopic (exact) mass is 578 g/mol. The topological polar surface area (TPSA) is 75.9 Å². The molecule has 0 radical (unpaired) electrons. The Morgan fingerprint density at radius 2 is 2.00 bits per heavy atom. The lowest BCUT2D eigenvalue weighted by Gasteiger charge is -2.29. The molecule has 1 N–H and O–H groups in total. The van der Waals surface area contributed by atoms with Gasteiger partial charge in [-0.1, -0.05) is 12.0 Å². The van der Waals surface area contributed by atoms with E-state index in [1.54, 1.807) is 30.5 Å². The number of hydrogen-bond donors (Lipinski definition) is 1. The van der Waals surface area contributed by atoms with Crippen LogP contribution in [0.15, 0.2) is 52.4 Å². The number of sulfone groups is 1. The van der Waals surface area contributed by atoms with Gasteiger partial charge in [0.2, 0.25) is 0 Å². The number of ether oxygens (including phenoxy) is 1. The Morgan fingerprint density at radius 3 is 2.67 bits per heavy atom. The Labute approximate surface area is 230 Å². The fourth-order valence-corrected chi connectivity index (χ4v) is 5.21. The molecular weight excluding hydrogens is 548 g/mol. The van der Waals surface area contributed by atoms with E-state index < -0.39 is 28.7 Å². The van der Waals surface area contributed by atoms with Crippen molar-refractivity contribution in [1.29, 1.82) is 0 Å². The van der Waals surface area contributed by atoms with Crippen molar-refractivity contribution in [2.24, 2.45) is 10.9 Å².